The normalized spacial score (nSPS) is 10.5. The summed E-state index contributed by atoms with van der Waals surface area (Å²) in [6.07, 6.45) is 1.37. The topological polar surface area (TPSA) is 110 Å². The molecule has 0 fully saturated rings. The van der Waals surface area contributed by atoms with E-state index in [9.17, 15) is 10.1 Å². The third-order valence-electron chi connectivity index (χ3n) is 3.77. The van der Waals surface area contributed by atoms with Gasteiger partial charge in [-0.3, -0.25) is 10.1 Å². The second-order valence-corrected chi connectivity index (χ2v) is 5.36. The number of benzene rings is 1. The van der Waals surface area contributed by atoms with E-state index in [1.165, 1.54) is 12.3 Å². The van der Waals surface area contributed by atoms with E-state index in [1.807, 2.05) is 42.8 Å². The van der Waals surface area contributed by atoms with Gasteiger partial charge in [0.15, 0.2) is 0 Å². The SMILES string of the molecule is Cc1ccc2c(c1)nc(CNc1nccc(C#N)c1[N+](=O)[O-])n2C. The number of nitrogens with zero attached hydrogens (tertiary/aromatic N) is 5. The van der Waals surface area contributed by atoms with Crippen LogP contribution in [0.4, 0.5) is 11.5 Å². The highest BCUT2D eigenvalue weighted by atomic mass is 16.6. The van der Waals surface area contributed by atoms with Gasteiger partial charge in [0.1, 0.15) is 17.5 Å². The molecule has 0 unspecified atom stereocenters. The molecule has 0 atom stereocenters. The maximum atomic E-state index is 11.2. The number of hydrogen-bond acceptors (Lipinski definition) is 6. The molecule has 2 heterocycles. The largest absolute Gasteiger partial charge is 0.357 e. The molecule has 1 aromatic carbocycles. The molecule has 8 nitrogen and oxygen atoms in total. The van der Waals surface area contributed by atoms with E-state index in [2.05, 4.69) is 15.3 Å². The second kappa shape index (κ2) is 5.96. The maximum Gasteiger partial charge on any atom is 0.328 e. The van der Waals surface area contributed by atoms with Gasteiger partial charge in [-0.15, -0.1) is 0 Å². The molecule has 0 aliphatic rings. The van der Waals surface area contributed by atoms with E-state index < -0.39 is 4.92 Å². The van der Waals surface area contributed by atoms with Crippen LogP contribution in [0.15, 0.2) is 30.5 Å². The molecule has 8 heteroatoms. The van der Waals surface area contributed by atoms with Crippen molar-refractivity contribution in [3.8, 4) is 6.07 Å². The van der Waals surface area contributed by atoms with Gasteiger partial charge in [-0.2, -0.15) is 5.26 Å². The number of anilines is 1. The molecular formula is C16H14N6O2. The minimum Gasteiger partial charge on any atom is -0.357 e. The summed E-state index contributed by atoms with van der Waals surface area (Å²) in [6.45, 7) is 2.25. The summed E-state index contributed by atoms with van der Waals surface area (Å²) in [5, 5.41) is 23.1. The first-order chi connectivity index (χ1) is 11.5. The van der Waals surface area contributed by atoms with Crippen molar-refractivity contribution < 1.29 is 4.92 Å². The van der Waals surface area contributed by atoms with E-state index in [-0.39, 0.29) is 23.6 Å². The van der Waals surface area contributed by atoms with Gasteiger partial charge in [-0.1, -0.05) is 6.07 Å². The van der Waals surface area contributed by atoms with Crippen LogP contribution in [0.1, 0.15) is 17.0 Å². The zero-order valence-electron chi connectivity index (χ0n) is 13.1. The summed E-state index contributed by atoms with van der Waals surface area (Å²) in [6, 6.07) is 9.10. The van der Waals surface area contributed by atoms with Crippen LogP contribution in [0.3, 0.4) is 0 Å². The summed E-state index contributed by atoms with van der Waals surface area (Å²) < 4.78 is 1.92. The average molecular weight is 322 g/mol. The van der Waals surface area contributed by atoms with E-state index in [0.717, 1.165) is 16.6 Å². The molecule has 3 aromatic rings. The highest BCUT2D eigenvalue weighted by Crippen LogP contribution is 2.26. The Morgan fingerprint density at radius 2 is 2.21 bits per heavy atom. The minimum absolute atomic E-state index is 0.0295. The molecule has 24 heavy (non-hydrogen) atoms. The molecule has 1 N–H and O–H groups in total. The number of aromatic nitrogens is 3. The molecule has 0 bridgehead atoms. The zero-order chi connectivity index (χ0) is 17.3. The van der Waals surface area contributed by atoms with Crippen LogP contribution in [-0.4, -0.2) is 19.5 Å². The molecule has 2 aromatic heterocycles. The molecule has 0 spiro atoms. The molecule has 0 radical (unpaired) electrons. The molecule has 0 amide bonds. The number of nitro groups is 1. The average Bonchev–Trinajstić information content (AvgIpc) is 2.87. The summed E-state index contributed by atoms with van der Waals surface area (Å²) in [4.78, 5) is 19.1. The van der Waals surface area contributed by atoms with Crippen molar-refractivity contribution in [2.24, 2.45) is 7.05 Å². The van der Waals surface area contributed by atoms with Crippen molar-refractivity contribution in [2.75, 3.05) is 5.32 Å². The first-order valence-corrected chi connectivity index (χ1v) is 7.20. The van der Waals surface area contributed by atoms with Crippen molar-refractivity contribution >= 4 is 22.5 Å². The van der Waals surface area contributed by atoms with Crippen LogP contribution in [-0.2, 0) is 13.6 Å². The van der Waals surface area contributed by atoms with Gasteiger partial charge in [-0.05, 0) is 30.7 Å². The van der Waals surface area contributed by atoms with Gasteiger partial charge >= 0.3 is 5.69 Å². The first-order valence-electron chi connectivity index (χ1n) is 7.20. The van der Waals surface area contributed by atoms with Gasteiger partial charge in [0.25, 0.3) is 0 Å². The minimum atomic E-state index is -0.605. The summed E-state index contributed by atoms with van der Waals surface area (Å²) in [5.74, 6) is 0.774. The van der Waals surface area contributed by atoms with Crippen LogP contribution >= 0.6 is 0 Å². The standard InChI is InChI=1S/C16H14N6O2/c1-10-3-4-13-12(7-10)20-14(21(13)2)9-19-16-15(22(23)24)11(8-17)5-6-18-16/h3-7H,9H2,1-2H3,(H,18,19). The van der Waals surface area contributed by atoms with Crippen LogP contribution in [0.25, 0.3) is 11.0 Å². The summed E-state index contributed by atoms with van der Waals surface area (Å²) in [5.41, 5.74) is 2.60. The van der Waals surface area contributed by atoms with Crippen LogP contribution < -0.4 is 5.32 Å². The number of nitriles is 1. The Hall–Kier alpha value is -3.47. The quantitative estimate of drug-likeness (QED) is 0.584. The fraction of sp³-hybridized carbons (Fsp3) is 0.188. The number of pyridine rings is 1. The Kier molecular flexibility index (Phi) is 3.83. The van der Waals surface area contributed by atoms with Crippen LogP contribution in [0.2, 0.25) is 0 Å². The van der Waals surface area contributed by atoms with Gasteiger partial charge in [-0.25, -0.2) is 9.97 Å². The van der Waals surface area contributed by atoms with Crippen molar-refractivity contribution in [2.45, 2.75) is 13.5 Å². The molecule has 0 aliphatic heterocycles. The number of aryl methyl sites for hydroxylation is 2. The molecule has 0 saturated carbocycles. The van der Waals surface area contributed by atoms with Crippen molar-refractivity contribution in [3.63, 3.8) is 0 Å². The number of nitrogens with one attached hydrogen (secondary N) is 1. The lowest BCUT2D eigenvalue weighted by Crippen LogP contribution is -2.09. The highest BCUT2D eigenvalue weighted by Gasteiger charge is 2.21. The smallest absolute Gasteiger partial charge is 0.328 e. The molecule has 0 saturated heterocycles. The van der Waals surface area contributed by atoms with Gasteiger partial charge in [0, 0.05) is 13.2 Å². The Labute approximate surface area is 137 Å². The number of hydrogen-bond donors (Lipinski definition) is 1. The van der Waals surface area contributed by atoms with E-state index in [4.69, 9.17) is 5.26 Å². The Morgan fingerprint density at radius 3 is 2.92 bits per heavy atom. The van der Waals surface area contributed by atoms with Crippen molar-refractivity contribution in [3.05, 3.63) is 57.5 Å². The maximum absolute atomic E-state index is 11.2. The third kappa shape index (κ3) is 2.63. The zero-order valence-corrected chi connectivity index (χ0v) is 13.1. The van der Waals surface area contributed by atoms with Crippen molar-refractivity contribution in [1.29, 1.82) is 5.26 Å². The molecule has 120 valence electrons. The fourth-order valence-corrected chi connectivity index (χ4v) is 2.54. The predicted octanol–water partition coefficient (Wildman–Crippen LogP) is 2.67. The van der Waals surface area contributed by atoms with Gasteiger partial charge in [0.2, 0.25) is 5.82 Å². The molecule has 3 rings (SSSR count). The van der Waals surface area contributed by atoms with Crippen LogP contribution in [0, 0.1) is 28.4 Å². The molecular weight excluding hydrogens is 308 g/mol. The monoisotopic (exact) mass is 322 g/mol. The van der Waals surface area contributed by atoms with Gasteiger partial charge < -0.3 is 9.88 Å². The summed E-state index contributed by atoms with van der Waals surface area (Å²) in [7, 11) is 1.88. The van der Waals surface area contributed by atoms with Crippen LogP contribution in [0.5, 0.6) is 0 Å². The van der Waals surface area contributed by atoms with E-state index in [1.54, 1.807) is 0 Å². The van der Waals surface area contributed by atoms with Gasteiger partial charge in [0.05, 0.1) is 22.5 Å². The lowest BCUT2D eigenvalue weighted by Gasteiger charge is -2.07. The summed E-state index contributed by atoms with van der Waals surface area (Å²) >= 11 is 0. The number of imidazole rings is 1. The number of rotatable bonds is 4. The Balaban J connectivity index is 1.93. The Bertz CT molecular complexity index is 986. The second-order valence-electron chi connectivity index (χ2n) is 5.36. The molecule has 0 aliphatic carbocycles. The van der Waals surface area contributed by atoms with E-state index in [0.29, 0.717) is 5.82 Å². The van der Waals surface area contributed by atoms with Crippen molar-refractivity contribution in [1.82, 2.24) is 14.5 Å². The highest BCUT2D eigenvalue weighted by molar-refractivity contribution is 5.77. The fourth-order valence-electron chi connectivity index (χ4n) is 2.54. The van der Waals surface area contributed by atoms with E-state index >= 15 is 0 Å². The lowest BCUT2D eigenvalue weighted by molar-refractivity contribution is -0.384. The predicted molar refractivity (Wildman–Crippen MR) is 88.4 cm³/mol. The Morgan fingerprint density at radius 1 is 1.42 bits per heavy atom. The third-order valence-corrected chi connectivity index (χ3v) is 3.77. The lowest BCUT2D eigenvalue weighted by atomic mass is 10.2. The first kappa shape index (κ1) is 15.4. The number of fused-ring (bicyclic) bond motifs is 1.